The highest BCUT2D eigenvalue weighted by molar-refractivity contribution is 6.62. The number of ether oxygens (including phenoxy) is 5. The van der Waals surface area contributed by atoms with Crippen LogP contribution < -0.4 is 37.5 Å². The van der Waals surface area contributed by atoms with E-state index < -0.39 is 80.7 Å². The van der Waals surface area contributed by atoms with Crippen LogP contribution in [-0.2, 0) is 75.0 Å². The molecule has 5 amide bonds. The highest BCUT2D eigenvalue weighted by Gasteiger charge is 2.33. The molecule has 1 unspecified atom stereocenters. The third kappa shape index (κ3) is 21.6. The van der Waals surface area contributed by atoms with Crippen LogP contribution in [0.25, 0.3) is 0 Å². The minimum absolute atomic E-state index is 0.00729. The third-order valence-electron chi connectivity index (χ3n) is 11.3. The van der Waals surface area contributed by atoms with Gasteiger partial charge in [-0.3, -0.25) is 33.6 Å². The summed E-state index contributed by atoms with van der Waals surface area (Å²) in [5.41, 5.74) is -0.262. The van der Waals surface area contributed by atoms with Gasteiger partial charge in [0.15, 0.2) is 5.78 Å². The molecule has 0 bridgehead atoms. The molecule has 23 nitrogen and oxygen atoms in total. The number of hydrogen-bond acceptors (Lipinski definition) is 17. The van der Waals surface area contributed by atoms with Gasteiger partial charge in [0, 0.05) is 74.4 Å². The Morgan fingerprint density at radius 1 is 0.595 bits per heavy atom. The van der Waals surface area contributed by atoms with E-state index in [1.165, 1.54) is 12.1 Å². The number of Topliss-reactive ketones (excluding diaryl/α,β-unsaturated/α-hetero) is 2. The van der Waals surface area contributed by atoms with Gasteiger partial charge < -0.3 is 74.7 Å². The fourth-order valence-electron chi connectivity index (χ4n) is 7.35. The van der Waals surface area contributed by atoms with Crippen molar-refractivity contribution in [2.24, 2.45) is 0 Å². The molecule has 0 fully saturated rings. The van der Waals surface area contributed by atoms with Crippen LogP contribution in [0.2, 0.25) is 0 Å². The number of amides is 5. The monoisotopic (exact) mass is 1050 g/mol. The molecule has 2 aliphatic heterocycles. The molecular weight excluding hydrogens is 982 g/mol. The van der Waals surface area contributed by atoms with Crippen LogP contribution in [-0.4, -0.2) is 174 Å². The molecule has 2 aliphatic rings. The van der Waals surface area contributed by atoms with Gasteiger partial charge in [-0.1, -0.05) is 19.8 Å². The van der Waals surface area contributed by atoms with Gasteiger partial charge in [0.25, 0.3) is 11.8 Å². The molecule has 2 atom stereocenters. The van der Waals surface area contributed by atoms with Crippen LogP contribution in [0.1, 0.15) is 96.6 Å². The van der Waals surface area contributed by atoms with Gasteiger partial charge in [-0.15, -0.1) is 0 Å². The molecule has 8 N–H and O–H groups in total. The number of ketones is 2. The molecule has 0 saturated heterocycles. The van der Waals surface area contributed by atoms with Crippen molar-refractivity contribution in [2.75, 3.05) is 85.7 Å². The number of hydrogen-bond donors (Lipinski definition) is 8. The summed E-state index contributed by atoms with van der Waals surface area (Å²) in [5, 5.41) is 42.1. The van der Waals surface area contributed by atoms with E-state index in [1.807, 2.05) is 6.92 Å². The van der Waals surface area contributed by atoms with E-state index in [0.29, 0.717) is 45.4 Å². The van der Waals surface area contributed by atoms with Crippen molar-refractivity contribution in [3.8, 4) is 0 Å². The van der Waals surface area contributed by atoms with E-state index in [9.17, 15) is 62.3 Å². The molecule has 0 aromatic heterocycles. The van der Waals surface area contributed by atoms with Gasteiger partial charge in [-0.2, -0.15) is 0 Å². The van der Waals surface area contributed by atoms with E-state index in [4.69, 9.17) is 33.0 Å². The average Bonchev–Trinajstić information content (AvgIpc) is 3.95. The Bertz CT molecular complexity index is 2230. The molecule has 74 heavy (non-hydrogen) atoms. The highest BCUT2D eigenvalue weighted by atomic mass is 19.1. The van der Waals surface area contributed by atoms with Crippen LogP contribution >= 0.6 is 0 Å². The summed E-state index contributed by atoms with van der Waals surface area (Å²) in [6, 6.07) is 1.54. The smallest absolute Gasteiger partial charge is 0.480 e. The lowest BCUT2D eigenvalue weighted by Crippen LogP contribution is -2.53. The van der Waals surface area contributed by atoms with Gasteiger partial charge in [0.05, 0.1) is 46.2 Å². The number of carbonyl (C=O) groups excluding carboxylic acids is 7. The van der Waals surface area contributed by atoms with Gasteiger partial charge >= 0.3 is 20.2 Å². The maximum atomic E-state index is 14.8. The lowest BCUT2D eigenvalue weighted by molar-refractivity contribution is -0.143. The predicted octanol–water partition coefficient (Wildman–Crippen LogP) is -1.52. The van der Waals surface area contributed by atoms with Gasteiger partial charge in [-0.05, 0) is 60.9 Å². The average molecular weight is 1050 g/mol. The predicted molar refractivity (Wildman–Crippen MR) is 258 cm³/mol. The van der Waals surface area contributed by atoms with Crippen molar-refractivity contribution in [2.45, 2.75) is 90.0 Å². The van der Waals surface area contributed by atoms with Crippen molar-refractivity contribution in [1.82, 2.24) is 26.6 Å². The Morgan fingerprint density at radius 2 is 1.18 bits per heavy atom. The minimum atomic E-state index is -1.50. The molecule has 0 spiro atoms. The second-order valence-corrected chi connectivity index (χ2v) is 17.1. The zero-order chi connectivity index (χ0) is 53.8. The summed E-state index contributed by atoms with van der Waals surface area (Å²) in [7, 11) is -2.93. The summed E-state index contributed by atoms with van der Waals surface area (Å²) in [6.07, 6.45) is 2.74. The van der Waals surface area contributed by atoms with Gasteiger partial charge in [-0.25, -0.2) is 13.6 Å². The summed E-state index contributed by atoms with van der Waals surface area (Å²) in [4.78, 5) is 100. The lowest BCUT2D eigenvalue weighted by Gasteiger charge is -2.20. The Hall–Kier alpha value is -5.77. The first-order chi connectivity index (χ1) is 35.6. The van der Waals surface area contributed by atoms with Crippen LogP contribution in [0.5, 0.6) is 0 Å². The fourth-order valence-corrected chi connectivity index (χ4v) is 7.35. The molecule has 2 aromatic rings. The number of rotatable bonds is 38. The van der Waals surface area contributed by atoms with Crippen LogP contribution in [0, 0.1) is 11.6 Å². The normalized spacial score (nSPS) is 13.4. The van der Waals surface area contributed by atoms with E-state index in [0.717, 1.165) is 18.6 Å². The number of fused-ring (bicyclic) bond motifs is 2. The molecule has 0 saturated carbocycles. The second kappa shape index (κ2) is 33.2. The first kappa shape index (κ1) is 60.8. The molecule has 0 aliphatic carbocycles. The van der Waals surface area contributed by atoms with E-state index in [-0.39, 0.29) is 142 Å². The number of unbranched alkanes of at least 4 members (excludes halogenated alkanes) is 2. The zero-order valence-corrected chi connectivity index (χ0v) is 41.3. The number of carboxylic acids is 1. The molecule has 27 heteroatoms. The number of aliphatic carboxylic acids is 1. The van der Waals surface area contributed by atoms with Crippen LogP contribution in [0.15, 0.2) is 24.3 Å². The van der Waals surface area contributed by atoms with Crippen molar-refractivity contribution < 1.29 is 95.3 Å². The van der Waals surface area contributed by atoms with Crippen LogP contribution in [0.4, 0.5) is 8.78 Å². The van der Waals surface area contributed by atoms with Crippen molar-refractivity contribution in [3.63, 3.8) is 0 Å². The quantitative estimate of drug-likeness (QED) is 0.0280. The van der Waals surface area contributed by atoms with E-state index >= 15 is 0 Å². The van der Waals surface area contributed by atoms with E-state index in [1.54, 1.807) is 0 Å². The number of nitrogens with one attached hydrogen (secondary N) is 5. The molecule has 0 radical (unpaired) electrons. The third-order valence-corrected chi connectivity index (χ3v) is 11.3. The standard InChI is InChI=1S/C47H65B2F2N5O18/c1-2-13-70-28-42(59)52-12-15-69-17-18-71-25-33(58)8-6-14-68-16-19-72-29-43(60)55-40(47(64)65)9-5-3-4-7-32(57)10-11-53-46(63)41(56-45(62)31-21-37-35(39(51)23-31)27-74-49(37)67)24-54-44(61)30-20-36-34(38(50)22-30)26-73-48(36)66/h20-23,40-41,66-67H,2-19,24-29H2,1H3,(H,52,59)(H,53,63)(H,54,61)(H,55,60)(H,56,62)(H,64,65)/t40?,41-/m0/s1. The largest absolute Gasteiger partial charge is 0.491 e. The summed E-state index contributed by atoms with van der Waals surface area (Å²) in [6.45, 7) is 2.44. The number of carbonyl (C=O) groups is 8. The van der Waals surface area contributed by atoms with E-state index in [2.05, 4.69) is 26.6 Å². The summed E-state index contributed by atoms with van der Waals surface area (Å²) < 4.78 is 66.0. The van der Waals surface area contributed by atoms with Crippen molar-refractivity contribution in [3.05, 3.63) is 58.2 Å². The minimum Gasteiger partial charge on any atom is -0.480 e. The second-order valence-electron chi connectivity index (χ2n) is 17.1. The maximum absolute atomic E-state index is 14.8. The molecule has 2 heterocycles. The Labute approximate surface area is 427 Å². The number of halogens is 2. The Morgan fingerprint density at radius 3 is 1.82 bits per heavy atom. The molecular formula is C47H65B2F2N5O18. The van der Waals surface area contributed by atoms with Crippen molar-refractivity contribution >= 4 is 72.2 Å². The fraction of sp³-hybridized carbons (Fsp3) is 0.574. The first-order valence-corrected chi connectivity index (χ1v) is 24.4. The molecule has 4 rings (SSSR count). The summed E-state index contributed by atoms with van der Waals surface area (Å²) >= 11 is 0. The number of benzene rings is 2. The SMILES string of the molecule is CCCOCC(=O)NCCOCCOCC(=O)CCCOCCOCC(=O)NC(CCCCCC(=O)CCNC(=O)[C@H](CNC(=O)c1cc(F)c2c(c1)B(O)OC2)NC(=O)c1cc(F)c2c(c1)B(O)OC2)C(=O)O. The van der Waals surface area contributed by atoms with Crippen LogP contribution in [0.3, 0.4) is 0 Å². The Kier molecular flexibility index (Phi) is 27.3. The topological polar surface area (TPSA) is 322 Å². The molecule has 406 valence electrons. The van der Waals surface area contributed by atoms with Gasteiger partial charge in [0.1, 0.15) is 49.3 Å². The van der Waals surface area contributed by atoms with Gasteiger partial charge in [0.2, 0.25) is 17.7 Å². The number of carboxylic acid groups (broad SMARTS) is 1. The Balaban J connectivity index is 1.06. The zero-order valence-electron chi connectivity index (χ0n) is 41.3. The lowest BCUT2D eigenvalue weighted by atomic mass is 9.78. The van der Waals surface area contributed by atoms with Crippen molar-refractivity contribution in [1.29, 1.82) is 0 Å². The maximum Gasteiger partial charge on any atom is 0.491 e. The highest BCUT2D eigenvalue weighted by Crippen LogP contribution is 2.18. The summed E-state index contributed by atoms with van der Waals surface area (Å²) in [5.74, 6) is -6.75. The molecule has 2 aromatic carbocycles. The first-order valence-electron chi connectivity index (χ1n) is 24.4.